The maximum absolute atomic E-state index is 13.1. The number of esters is 1. The molecule has 1 aliphatic rings. The van der Waals surface area contributed by atoms with Crippen molar-refractivity contribution in [2.45, 2.75) is 19.4 Å². The first-order valence-corrected chi connectivity index (χ1v) is 6.20. The molecule has 0 bridgehead atoms. The van der Waals surface area contributed by atoms with Crippen LogP contribution in [0.25, 0.3) is 0 Å². The molecule has 1 aromatic carbocycles. The fourth-order valence-electron chi connectivity index (χ4n) is 2.28. The zero-order valence-corrected chi connectivity index (χ0v) is 10.8. The zero-order chi connectivity index (χ0) is 13.8. The minimum Gasteiger partial charge on any atom is -0.469 e. The Hall–Kier alpha value is -1.91. The summed E-state index contributed by atoms with van der Waals surface area (Å²) in [5.41, 5.74) is 0.721. The highest BCUT2D eigenvalue weighted by molar-refractivity contribution is 5.81. The molecule has 5 heteroatoms. The molecule has 1 unspecified atom stereocenters. The summed E-state index contributed by atoms with van der Waals surface area (Å²) in [6, 6.07) is 6.13. The van der Waals surface area contributed by atoms with Crippen LogP contribution in [0.15, 0.2) is 24.3 Å². The van der Waals surface area contributed by atoms with Crippen molar-refractivity contribution in [3.8, 4) is 0 Å². The predicted molar refractivity (Wildman–Crippen MR) is 66.6 cm³/mol. The van der Waals surface area contributed by atoms with Crippen LogP contribution in [0.5, 0.6) is 0 Å². The van der Waals surface area contributed by atoms with Gasteiger partial charge in [-0.2, -0.15) is 0 Å². The third kappa shape index (κ3) is 3.30. The summed E-state index contributed by atoms with van der Waals surface area (Å²) in [5.74, 6) is -0.913. The third-order valence-corrected chi connectivity index (χ3v) is 3.30. The molecule has 4 nitrogen and oxygen atoms in total. The summed E-state index contributed by atoms with van der Waals surface area (Å²) in [6.07, 6.45) is 0.847. The number of ether oxygens (including phenoxy) is 1. The molecule has 1 heterocycles. The number of methoxy groups -OCH3 is 1. The predicted octanol–water partition coefficient (Wildman–Crippen LogP) is 1.74. The van der Waals surface area contributed by atoms with Crippen LogP contribution in [-0.4, -0.2) is 30.4 Å². The van der Waals surface area contributed by atoms with E-state index < -0.39 is 0 Å². The van der Waals surface area contributed by atoms with Crippen molar-refractivity contribution < 1.29 is 18.7 Å². The van der Waals surface area contributed by atoms with E-state index in [-0.39, 0.29) is 23.6 Å². The van der Waals surface area contributed by atoms with Crippen LogP contribution in [0.3, 0.4) is 0 Å². The van der Waals surface area contributed by atoms with E-state index in [0.29, 0.717) is 25.9 Å². The number of nitrogens with zero attached hydrogens (tertiary/aromatic N) is 1. The molecule has 2 rings (SSSR count). The summed E-state index contributed by atoms with van der Waals surface area (Å²) < 4.78 is 17.8. The first-order valence-electron chi connectivity index (χ1n) is 6.20. The Morgan fingerprint density at radius 1 is 1.53 bits per heavy atom. The molecule has 0 spiro atoms. The Kier molecular flexibility index (Phi) is 4.14. The van der Waals surface area contributed by atoms with Crippen LogP contribution in [0.2, 0.25) is 0 Å². The van der Waals surface area contributed by atoms with Gasteiger partial charge in [0.25, 0.3) is 0 Å². The molecule has 19 heavy (non-hydrogen) atoms. The molecule has 0 N–H and O–H groups in total. The Morgan fingerprint density at radius 2 is 2.32 bits per heavy atom. The molecular weight excluding hydrogens is 249 g/mol. The SMILES string of the molecule is COC(=O)C1CCC(=O)N(Cc2cccc(F)c2)C1. The van der Waals surface area contributed by atoms with E-state index in [0.717, 1.165) is 5.56 Å². The van der Waals surface area contributed by atoms with Gasteiger partial charge in [0.15, 0.2) is 0 Å². The molecule has 1 saturated heterocycles. The van der Waals surface area contributed by atoms with Gasteiger partial charge in [-0.1, -0.05) is 12.1 Å². The topological polar surface area (TPSA) is 46.6 Å². The largest absolute Gasteiger partial charge is 0.469 e. The Morgan fingerprint density at radius 3 is 3.00 bits per heavy atom. The van der Waals surface area contributed by atoms with Gasteiger partial charge >= 0.3 is 5.97 Å². The Labute approximate surface area is 111 Å². The molecule has 1 atom stereocenters. The van der Waals surface area contributed by atoms with E-state index in [9.17, 15) is 14.0 Å². The van der Waals surface area contributed by atoms with Crippen molar-refractivity contribution >= 4 is 11.9 Å². The maximum Gasteiger partial charge on any atom is 0.310 e. The number of benzene rings is 1. The lowest BCUT2D eigenvalue weighted by molar-refractivity contribution is -0.150. The highest BCUT2D eigenvalue weighted by Gasteiger charge is 2.30. The summed E-state index contributed by atoms with van der Waals surface area (Å²) in [7, 11) is 1.34. The zero-order valence-electron chi connectivity index (χ0n) is 10.8. The number of carbonyl (C=O) groups is 2. The fraction of sp³-hybridized carbons (Fsp3) is 0.429. The van der Waals surface area contributed by atoms with Crippen LogP contribution < -0.4 is 0 Å². The van der Waals surface area contributed by atoms with Gasteiger partial charge in [-0.05, 0) is 24.1 Å². The minimum atomic E-state index is -0.327. The second-order valence-electron chi connectivity index (χ2n) is 4.66. The van der Waals surface area contributed by atoms with Gasteiger partial charge in [-0.3, -0.25) is 9.59 Å². The number of carbonyl (C=O) groups excluding carboxylic acids is 2. The molecule has 1 aromatic rings. The molecule has 102 valence electrons. The molecule has 0 radical (unpaired) electrons. The van der Waals surface area contributed by atoms with Crippen LogP contribution in [-0.2, 0) is 20.9 Å². The maximum atomic E-state index is 13.1. The minimum absolute atomic E-state index is 0.00980. The van der Waals surface area contributed by atoms with Crippen molar-refractivity contribution in [3.05, 3.63) is 35.6 Å². The van der Waals surface area contributed by atoms with Gasteiger partial charge < -0.3 is 9.64 Å². The van der Waals surface area contributed by atoms with Gasteiger partial charge in [0, 0.05) is 19.5 Å². The van der Waals surface area contributed by atoms with Crippen molar-refractivity contribution in [1.82, 2.24) is 4.90 Å². The van der Waals surface area contributed by atoms with Crippen molar-refractivity contribution in [2.75, 3.05) is 13.7 Å². The van der Waals surface area contributed by atoms with Crippen molar-refractivity contribution in [3.63, 3.8) is 0 Å². The number of rotatable bonds is 3. The van der Waals surface area contributed by atoms with E-state index in [1.54, 1.807) is 17.0 Å². The van der Waals surface area contributed by atoms with Crippen LogP contribution >= 0.6 is 0 Å². The molecule has 1 fully saturated rings. The van der Waals surface area contributed by atoms with Gasteiger partial charge in [-0.25, -0.2) is 4.39 Å². The summed E-state index contributed by atoms with van der Waals surface area (Å²) in [4.78, 5) is 24.9. The second-order valence-corrected chi connectivity index (χ2v) is 4.66. The van der Waals surface area contributed by atoms with Crippen molar-refractivity contribution in [2.24, 2.45) is 5.92 Å². The van der Waals surface area contributed by atoms with E-state index in [4.69, 9.17) is 4.74 Å². The van der Waals surface area contributed by atoms with Crippen molar-refractivity contribution in [1.29, 1.82) is 0 Å². The lowest BCUT2D eigenvalue weighted by Gasteiger charge is -2.31. The van der Waals surface area contributed by atoms with E-state index in [2.05, 4.69) is 0 Å². The number of hydrogen-bond acceptors (Lipinski definition) is 3. The van der Waals surface area contributed by atoms with Gasteiger partial charge in [0.2, 0.25) is 5.91 Å². The Balaban J connectivity index is 2.05. The quantitative estimate of drug-likeness (QED) is 0.782. The standard InChI is InChI=1S/C14H16FNO3/c1-19-14(18)11-5-6-13(17)16(9-11)8-10-3-2-4-12(15)7-10/h2-4,7,11H,5-6,8-9H2,1H3. The second kappa shape index (κ2) is 5.82. The molecular formula is C14H16FNO3. The monoisotopic (exact) mass is 265 g/mol. The molecule has 0 aliphatic carbocycles. The Bertz CT molecular complexity index is 489. The number of piperidine rings is 1. The number of likely N-dealkylation sites (tertiary alicyclic amines) is 1. The number of hydrogen-bond donors (Lipinski definition) is 0. The highest BCUT2D eigenvalue weighted by Crippen LogP contribution is 2.21. The van der Waals surface area contributed by atoms with Crippen LogP contribution in [0, 0.1) is 11.7 Å². The lowest BCUT2D eigenvalue weighted by Crippen LogP contribution is -2.42. The molecule has 1 amide bonds. The highest BCUT2D eigenvalue weighted by atomic mass is 19.1. The average Bonchev–Trinajstić information content (AvgIpc) is 2.40. The van der Waals surface area contributed by atoms with E-state index in [1.165, 1.54) is 19.2 Å². The van der Waals surface area contributed by atoms with E-state index in [1.807, 2.05) is 0 Å². The summed E-state index contributed by atoms with van der Waals surface area (Å²) >= 11 is 0. The number of halogens is 1. The smallest absolute Gasteiger partial charge is 0.310 e. The fourth-order valence-corrected chi connectivity index (χ4v) is 2.28. The van der Waals surface area contributed by atoms with Gasteiger partial charge in [0.05, 0.1) is 13.0 Å². The van der Waals surface area contributed by atoms with E-state index >= 15 is 0 Å². The number of amides is 1. The molecule has 1 aliphatic heterocycles. The normalized spacial score (nSPS) is 19.4. The summed E-state index contributed by atoms with van der Waals surface area (Å²) in [5, 5.41) is 0. The average molecular weight is 265 g/mol. The van der Waals surface area contributed by atoms with Gasteiger partial charge in [-0.15, -0.1) is 0 Å². The van der Waals surface area contributed by atoms with Crippen LogP contribution in [0.1, 0.15) is 18.4 Å². The third-order valence-electron chi connectivity index (χ3n) is 3.30. The summed E-state index contributed by atoms with van der Waals surface area (Å²) in [6.45, 7) is 0.659. The van der Waals surface area contributed by atoms with Gasteiger partial charge in [0.1, 0.15) is 5.82 Å². The first kappa shape index (κ1) is 13.5. The first-order chi connectivity index (χ1) is 9.10. The molecule has 0 saturated carbocycles. The lowest BCUT2D eigenvalue weighted by atomic mass is 9.97. The van der Waals surface area contributed by atoms with Crippen LogP contribution in [0.4, 0.5) is 4.39 Å². The molecule has 0 aromatic heterocycles.